The zero-order valence-corrected chi connectivity index (χ0v) is 39.1. The van der Waals surface area contributed by atoms with Gasteiger partial charge in [-0.1, -0.05) is 212 Å². The Bertz CT molecular complexity index is 5330. The molecule has 340 valence electrons. The van der Waals surface area contributed by atoms with Crippen LogP contribution in [0.4, 0.5) is 0 Å². The molecule has 0 radical (unpaired) electrons. The molecule has 12 aromatic carbocycles. The molecule has 3 nitrogen and oxygen atoms in total. The zero-order valence-electron chi connectivity index (χ0n) is 55.3. The molecule has 0 amide bonds. The summed E-state index contributed by atoms with van der Waals surface area (Å²) >= 11 is 0.831. The number of nitrogens with zero attached hydrogens (tertiary/aromatic N) is 3. The number of hydrogen-bond acceptors (Lipinski definition) is 4. The molecule has 73 heavy (non-hydrogen) atoms. The van der Waals surface area contributed by atoms with Crippen LogP contribution < -0.4 is 0 Å². The van der Waals surface area contributed by atoms with E-state index >= 15 is 0 Å². The molecule has 14 rings (SSSR count). The number of rotatable bonds is 8. The maximum atomic E-state index is 10.0. The van der Waals surface area contributed by atoms with Crippen molar-refractivity contribution in [2.24, 2.45) is 0 Å². The summed E-state index contributed by atoms with van der Waals surface area (Å²) in [5.41, 5.74) is 7.44. The smallest absolute Gasteiger partial charge is 0.164 e. The molecule has 0 unspecified atom stereocenters. The van der Waals surface area contributed by atoms with Gasteiger partial charge in [0.2, 0.25) is 0 Å². The minimum Gasteiger partial charge on any atom is -0.208 e. The SMILES string of the molecule is [2H]c1c(-c2c([2H])c([2H])c3c4c([2H])c([2H])c([2H])c([2H])c4c4c([2H])c([2H])c([2H])c([2H])c4c3c2[2H])c([2H])c2c(sc3c([2H])c(-c4nc(-c5ccc(-c6cccc(-c7ccccc7)c6)cc5)nc(-c5cc(-c6ccccc6)cc(-c6ccccc6)c5)n4)c([2H])c([2H])c32)c1[2H]. The minimum absolute atomic E-state index is 0.0297. The van der Waals surface area contributed by atoms with Gasteiger partial charge in [0.15, 0.2) is 17.5 Å². The Kier molecular flexibility index (Phi) is 6.95. The molecule has 0 aliphatic carbocycles. The van der Waals surface area contributed by atoms with Crippen LogP contribution in [0.5, 0.6) is 0 Å². The number of hydrogen-bond donors (Lipinski definition) is 0. The standard InChI is InChI=1S/C69H43N3S/c1-4-15-44(16-5-1)49-21-14-22-50(37-49)47-27-29-48(30-28-47)67-70-68(72-69(71-67)56-39-54(45-17-6-2-7-18-45)38-55(40-56)46-19-8-3-9-20-46)53-32-35-62-64-42-52(33-36-65(64)73-66(62)43-53)51-31-34-61-59-25-11-10-23-57(59)58-24-12-13-26-60(58)63(61)41-51/h1-43H/i10D,11D,12D,13D,23D,24D,25D,26D,31D,32D,33D,34D,35D,36D,41D,42D,43D. The Morgan fingerprint density at radius 3 is 1.23 bits per heavy atom. The van der Waals surface area contributed by atoms with Crippen molar-refractivity contribution in [3.8, 4) is 89.8 Å². The molecule has 4 heteroatoms. The fourth-order valence-electron chi connectivity index (χ4n) is 9.33. The second kappa shape index (κ2) is 17.8. The van der Waals surface area contributed by atoms with Crippen molar-refractivity contribution in [1.82, 2.24) is 15.0 Å². The molecular weight excluding hydrogens is 903 g/mol. The van der Waals surface area contributed by atoms with E-state index in [1.165, 1.54) is 0 Å². The maximum absolute atomic E-state index is 10.0. The van der Waals surface area contributed by atoms with E-state index in [4.69, 9.17) is 25.9 Å². The molecule has 14 aromatic rings. The van der Waals surface area contributed by atoms with Crippen LogP contribution in [0.1, 0.15) is 23.3 Å². The molecular formula is C69H43N3S. The molecule has 0 spiro atoms. The van der Waals surface area contributed by atoms with Gasteiger partial charge in [0.1, 0.15) is 0 Å². The molecule has 0 fully saturated rings. The van der Waals surface area contributed by atoms with Crippen LogP contribution in [0.3, 0.4) is 0 Å². The van der Waals surface area contributed by atoms with Crippen molar-refractivity contribution in [1.29, 1.82) is 0 Å². The highest BCUT2D eigenvalue weighted by molar-refractivity contribution is 7.25. The Balaban J connectivity index is 0.997. The molecule has 2 heterocycles. The van der Waals surface area contributed by atoms with Crippen molar-refractivity contribution < 1.29 is 23.3 Å². The largest absolute Gasteiger partial charge is 0.208 e. The second-order valence-corrected chi connectivity index (χ2v) is 18.4. The van der Waals surface area contributed by atoms with Gasteiger partial charge in [-0.3, -0.25) is 0 Å². The fraction of sp³-hybridized carbons (Fsp3) is 0. The van der Waals surface area contributed by atoms with Crippen molar-refractivity contribution in [2.75, 3.05) is 0 Å². The van der Waals surface area contributed by atoms with E-state index in [2.05, 4.69) is 30.3 Å². The summed E-state index contributed by atoms with van der Waals surface area (Å²) in [7, 11) is 0. The number of aromatic nitrogens is 3. The molecule has 0 aliphatic rings. The number of benzene rings is 12. The van der Waals surface area contributed by atoms with Gasteiger partial charge >= 0.3 is 0 Å². The summed E-state index contributed by atoms with van der Waals surface area (Å²) in [4.78, 5) is 15.1. The lowest BCUT2D eigenvalue weighted by Crippen LogP contribution is -2.00. The first-order valence-electron chi connectivity index (χ1n) is 31.9. The van der Waals surface area contributed by atoms with Gasteiger partial charge < -0.3 is 0 Å². The summed E-state index contributed by atoms with van der Waals surface area (Å²) < 4.78 is 158. The average Bonchev–Trinajstić information content (AvgIpc) is 0.822. The summed E-state index contributed by atoms with van der Waals surface area (Å²) in [6.45, 7) is 0. The van der Waals surface area contributed by atoms with Crippen LogP contribution in [0.2, 0.25) is 0 Å². The number of fused-ring (bicyclic) bond motifs is 9. The quantitative estimate of drug-likeness (QED) is 0.142. The monoisotopic (exact) mass is 962 g/mol. The molecule has 0 saturated carbocycles. The third kappa shape index (κ3) is 7.82. The minimum atomic E-state index is -0.795. The third-order valence-electron chi connectivity index (χ3n) is 12.9. The highest BCUT2D eigenvalue weighted by Gasteiger charge is 2.18. The first-order chi connectivity index (χ1) is 43.2. The summed E-state index contributed by atoms with van der Waals surface area (Å²) in [5.74, 6) is 0.258. The molecule has 0 saturated heterocycles. The molecule has 2 aromatic heterocycles. The molecule has 0 N–H and O–H groups in total. The van der Waals surface area contributed by atoms with Crippen LogP contribution >= 0.6 is 11.3 Å². The van der Waals surface area contributed by atoms with E-state index in [0.29, 0.717) is 11.1 Å². The van der Waals surface area contributed by atoms with Crippen molar-refractivity contribution in [3.63, 3.8) is 0 Å². The van der Waals surface area contributed by atoms with Gasteiger partial charge in [0.05, 0.1) is 23.3 Å². The van der Waals surface area contributed by atoms with Gasteiger partial charge in [-0.05, 0) is 136 Å². The van der Waals surface area contributed by atoms with Gasteiger partial charge in [-0.15, -0.1) is 11.3 Å². The Labute approximate surface area is 450 Å². The summed E-state index contributed by atoms with van der Waals surface area (Å²) in [5, 5.41) is -2.60. The Morgan fingerprint density at radius 1 is 0.247 bits per heavy atom. The summed E-state index contributed by atoms with van der Waals surface area (Å²) in [6.07, 6.45) is 0. The first kappa shape index (κ1) is 28.5. The first-order valence-corrected chi connectivity index (χ1v) is 24.2. The van der Waals surface area contributed by atoms with Crippen molar-refractivity contribution in [3.05, 3.63) is 260 Å². The predicted molar refractivity (Wildman–Crippen MR) is 309 cm³/mol. The van der Waals surface area contributed by atoms with Crippen LogP contribution in [0.25, 0.3) is 142 Å². The van der Waals surface area contributed by atoms with Gasteiger partial charge in [0.25, 0.3) is 0 Å². The normalized spacial score (nSPS) is 14.8. The Morgan fingerprint density at radius 2 is 0.644 bits per heavy atom. The van der Waals surface area contributed by atoms with Crippen molar-refractivity contribution >= 4 is 63.8 Å². The van der Waals surface area contributed by atoms with E-state index in [0.717, 1.165) is 55.8 Å². The van der Waals surface area contributed by atoms with E-state index < -0.39 is 124 Å². The number of thiophene rings is 1. The topological polar surface area (TPSA) is 38.7 Å². The fourth-order valence-corrected chi connectivity index (χ4v) is 10.3. The maximum Gasteiger partial charge on any atom is 0.164 e. The van der Waals surface area contributed by atoms with Crippen LogP contribution in [0, 0.1) is 0 Å². The van der Waals surface area contributed by atoms with E-state index in [-0.39, 0.29) is 65.4 Å². The van der Waals surface area contributed by atoms with Gasteiger partial charge in [-0.25, -0.2) is 15.0 Å². The van der Waals surface area contributed by atoms with E-state index in [1.807, 2.05) is 127 Å². The zero-order chi connectivity index (χ0) is 63.0. The van der Waals surface area contributed by atoms with Gasteiger partial charge in [0, 0.05) is 36.9 Å². The van der Waals surface area contributed by atoms with Crippen LogP contribution in [-0.2, 0) is 0 Å². The van der Waals surface area contributed by atoms with Crippen LogP contribution in [-0.4, -0.2) is 15.0 Å². The Hall–Kier alpha value is -9.35. The van der Waals surface area contributed by atoms with E-state index in [9.17, 15) is 12.3 Å². The van der Waals surface area contributed by atoms with Gasteiger partial charge in [-0.2, -0.15) is 0 Å². The lowest BCUT2D eigenvalue weighted by Gasteiger charge is -2.13. The lowest BCUT2D eigenvalue weighted by molar-refractivity contribution is 1.07. The highest BCUT2D eigenvalue weighted by Crippen LogP contribution is 2.42. The lowest BCUT2D eigenvalue weighted by atomic mass is 9.92. The third-order valence-corrected chi connectivity index (χ3v) is 13.9. The highest BCUT2D eigenvalue weighted by atomic mass is 32.1. The molecule has 0 atom stereocenters. The van der Waals surface area contributed by atoms with E-state index in [1.54, 1.807) is 0 Å². The molecule has 0 bridgehead atoms. The molecule has 0 aliphatic heterocycles. The van der Waals surface area contributed by atoms with Crippen LogP contribution in [0.15, 0.2) is 260 Å². The second-order valence-electron chi connectivity index (χ2n) is 17.4. The summed E-state index contributed by atoms with van der Waals surface area (Å²) in [6, 6.07) is 40.4. The average molecular weight is 963 g/mol. The van der Waals surface area contributed by atoms with Crippen molar-refractivity contribution in [2.45, 2.75) is 0 Å². The predicted octanol–water partition coefficient (Wildman–Crippen LogP) is 19.0.